The first-order chi connectivity index (χ1) is 8.72. The molecule has 0 bridgehead atoms. The van der Waals surface area contributed by atoms with Crippen LogP contribution in [0, 0.1) is 18.3 Å². The van der Waals surface area contributed by atoms with Gasteiger partial charge in [0.05, 0.1) is 11.6 Å². The lowest BCUT2D eigenvalue weighted by atomic mass is 10.2. The molecule has 0 radical (unpaired) electrons. The van der Waals surface area contributed by atoms with Crippen molar-refractivity contribution in [3.63, 3.8) is 0 Å². The Morgan fingerprint density at radius 1 is 1.33 bits per heavy atom. The molecule has 3 nitrogen and oxygen atoms in total. The molecule has 0 spiro atoms. The monoisotopic (exact) mass is 302 g/mol. The minimum Gasteiger partial charge on any atom is -0.439 e. The van der Waals surface area contributed by atoms with Gasteiger partial charge in [0.15, 0.2) is 0 Å². The van der Waals surface area contributed by atoms with Gasteiger partial charge in [0.2, 0.25) is 5.88 Å². The van der Waals surface area contributed by atoms with E-state index in [1.54, 1.807) is 30.5 Å². The summed E-state index contributed by atoms with van der Waals surface area (Å²) in [5, 5.41) is 9.49. The van der Waals surface area contributed by atoms with Gasteiger partial charge in [-0.25, -0.2) is 4.98 Å². The van der Waals surface area contributed by atoms with Gasteiger partial charge >= 0.3 is 0 Å². The molecule has 0 unspecified atom stereocenters. The van der Waals surface area contributed by atoms with Crippen molar-refractivity contribution >= 4 is 15.9 Å². The van der Waals surface area contributed by atoms with Crippen LogP contribution in [0.5, 0.6) is 11.6 Å². The maximum Gasteiger partial charge on any atom is 0.222 e. The zero-order chi connectivity index (χ0) is 13.0. The highest BCUT2D eigenvalue weighted by Gasteiger charge is 2.04. The fraction of sp³-hybridized carbons (Fsp3) is 0.143. The predicted octanol–water partition coefficient (Wildman–Crippen LogP) is 3.95. The Hall–Kier alpha value is -1.86. The number of ether oxygens (including phenoxy) is 1. The second-order valence-electron chi connectivity index (χ2n) is 3.84. The number of benzene rings is 1. The molecule has 18 heavy (non-hydrogen) atoms. The van der Waals surface area contributed by atoms with E-state index >= 15 is 0 Å². The zero-order valence-electron chi connectivity index (χ0n) is 9.85. The van der Waals surface area contributed by atoms with E-state index in [-0.39, 0.29) is 0 Å². The van der Waals surface area contributed by atoms with Crippen LogP contribution in [0.3, 0.4) is 0 Å². The number of alkyl halides is 1. The van der Waals surface area contributed by atoms with Gasteiger partial charge in [0.25, 0.3) is 0 Å². The number of nitriles is 1. The summed E-state index contributed by atoms with van der Waals surface area (Å²) >= 11 is 3.39. The molecule has 0 aliphatic rings. The highest BCUT2D eigenvalue weighted by atomic mass is 79.9. The maximum atomic E-state index is 8.71. The number of rotatable bonds is 3. The lowest BCUT2D eigenvalue weighted by Gasteiger charge is -2.08. The smallest absolute Gasteiger partial charge is 0.222 e. The van der Waals surface area contributed by atoms with E-state index in [0.717, 1.165) is 16.5 Å². The summed E-state index contributed by atoms with van der Waals surface area (Å²) in [7, 11) is 0. The molecule has 4 heteroatoms. The van der Waals surface area contributed by atoms with Gasteiger partial charge in [-0.3, -0.25) is 0 Å². The van der Waals surface area contributed by atoms with Gasteiger partial charge in [0, 0.05) is 17.1 Å². The quantitative estimate of drug-likeness (QED) is 0.807. The largest absolute Gasteiger partial charge is 0.439 e. The van der Waals surface area contributed by atoms with E-state index in [9.17, 15) is 0 Å². The molecule has 0 amide bonds. The Morgan fingerprint density at radius 2 is 2.06 bits per heavy atom. The van der Waals surface area contributed by atoms with Crippen molar-refractivity contribution in [2.24, 2.45) is 0 Å². The molecule has 0 aliphatic carbocycles. The first-order valence-electron chi connectivity index (χ1n) is 5.42. The van der Waals surface area contributed by atoms with Crippen LogP contribution in [0.15, 0.2) is 36.5 Å². The molecule has 0 N–H and O–H groups in total. The number of aryl methyl sites for hydroxylation is 1. The van der Waals surface area contributed by atoms with E-state index in [1.807, 2.05) is 13.0 Å². The fourth-order valence-corrected chi connectivity index (χ4v) is 1.82. The van der Waals surface area contributed by atoms with Crippen LogP contribution in [0.1, 0.15) is 16.7 Å². The van der Waals surface area contributed by atoms with Gasteiger partial charge in [0.1, 0.15) is 5.75 Å². The molecule has 0 saturated carbocycles. The molecule has 1 aromatic carbocycles. The third-order valence-electron chi connectivity index (χ3n) is 2.44. The van der Waals surface area contributed by atoms with Crippen molar-refractivity contribution < 1.29 is 4.74 Å². The normalized spacial score (nSPS) is 9.83. The first-order valence-corrected chi connectivity index (χ1v) is 6.54. The van der Waals surface area contributed by atoms with Gasteiger partial charge in [-0.05, 0) is 42.8 Å². The first kappa shape index (κ1) is 12.6. The molecule has 0 atom stereocenters. The second-order valence-corrected chi connectivity index (χ2v) is 4.40. The number of halogens is 1. The summed E-state index contributed by atoms with van der Waals surface area (Å²) < 4.78 is 5.67. The third kappa shape index (κ3) is 2.88. The Bertz CT molecular complexity index is 588. The topological polar surface area (TPSA) is 45.9 Å². The van der Waals surface area contributed by atoms with E-state index in [0.29, 0.717) is 17.2 Å². The van der Waals surface area contributed by atoms with Crippen LogP contribution >= 0.6 is 15.9 Å². The Kier molecular flexibility index (Phi) is 3.96. The minimum absolute atomic E-state index is 0.587. The highest BCUT2D eigenvalue weighted by Crippen LogP contribution is 2.23. The summed E-state index contributed by atoms with van der Waals surface area (Å²) in [5.41, 5.74) is 2.71. The van der Waals surface area contributed by atoms with E-state index in [4.69, 9.17) is 10.00 Å². The molecule has 2 rings (SSSR count). The number of pyridine rings is 1. The molecule has 2 aromatic rings. The Labute approximate surface area is 114 Å². The molecule has 0 saturated heterocycles. The zero-order valence-corrected chi connectivity index (χ0v) is 11.4. The number of hydrogen-bond donors (Lipinski definition) is 0. The molecular weight excluding hydrogens is 292 g/mol. The van der Waals surface area contributed by atoms with Crippen molar-refractivity contribution in [1.82, 2.24) is 4.98 Å². The average molecular weight is 303 g/mol. The summed E-state index contributed by atoms with van der Waals surface area (Å²) in [6, 6.07) is 11.1. The van der Waals surface area contributed by atoms with Crippen LogP contribution in [0.2, 0.25) is 0 Å². The predicted molar refractivity (Wildman–Crippen MR) is 72.8 cm³/mol. The van der Waals surface area contributed by atoms with Gasteiger partial charge in [-0.2, -0.15) is 5.26 Å². The Morgan fingerprint density at radius 3 is 2.61 bits per heavy atom. The van der Waals surface area contributed by atoms with Crippen LogP contribution in [-0.4, -0.2) is 4.98 Å². The van der Waals surface area contributed by atoms with Crippen LogP contribution in [-0.2, 0) is 5.33 Å². The van der Waals surface area contributed by atoms with Crippen molar-refractivity contribution in [3.8, 4) is 17.7 Å². The lowest BCUT2D eigenvalue weighted by Crippen LogP contribution is -1.93. The average Bonchev–Trinajstić information content (AvgIpc) is 2.42. The summed E-state index contributed by atoms with van der Waals surface area (Å²) in [6.45, 7) is 1.96. The van der Waals surface area contributed by atoms with Crippen molar-refractivity contribution in [1.29, 1.82) is 5.26 Å². The standard InChI is InChI=1S/C14H11BrN2O/c1-10-6-12(7-15)9-17-14(10)18-13-4-2-11(8-16)3-5-13/h2-6,9H,7H2,1H3. The number of aromatic nitrogens is 1. The Balaban J connectivity index is 2.20. The SMILES string of the molecule is Cc1cc(CBr)cnc1Oc1ccc(C#N)cc1. The van der Waals surface area contributed by atoms with Crippen molar-refractivity contribution in [2.75, 3.05) is 0 Å². The molecule has 90 valence electrons. The van der Waals surface area contributed by atoms with Crippen molar-refractivity contribution in [2.45, 2.75) is 12.3 Å². The van der Waals surface area contributed by atoms with Gasteiger partial charge in [-0.1, -0.05) is 15.9 Å². The summed E-state index contributed by atoms with van der Waals surface area (Å²) in [4.78, 5) is 4.27. The maximum absolute atomic E-state index is 8.71. The summed E-state index contributed by atoms with van der Waals surface area (Å²) in [6.07, 6.45) is 1.78. The van der Waals surface area contributed by atoms with E-state index in [2.05, 4.69) is 27.0 Å². The molecular formula is C14H11BrN2O. The minimum atomic E-state index is 0.587. The summed E-state index contributed by atoms with van der Waals surface area (Å²) in [5.74, 6) is 1.26. The van der Waals surface area contributed by atoms with Gasteiger partial charge in [-0.15, -0.1) is 0 Å². The number of hydrogen-bond acceptors (Lipinski definition) is 3. The molecule has 1 heterocycles. The third-order valence-corrected chi connectivity index (χ3v) is 3.09. The fourth-order valence-electron chi connectivity index (χ4n) is 1.51. The number of nitrogens with zero attached hydrogens (tertiary/aromatic N) is 2. The second kappa shape index (κ2) is 5.65. The van der Waals surface area contributed by atoms with Crippen LogP contribution in [0.25, 0.3) is 0 Å². The molecule has 0 aliphatic heterocycles. The van der Waals surface area contributed by atoms with E-state index < -0.39 is 0 Å². The van der Waals surface area contributed by atoms with Gasteiger partial charge < -0.3 is 4.74 Å². The highest BCUT2D eigenvalue weighted by molar-refractivity contribution is 9.08. The molecule has 0 fully saturated rings. The van der Waals surface area contributed by atoms with E-state index in [1.165, 1.54) is 0 Å². The van der Waals surface area contributed by atoms with Crippen molar-refractivity contribution in [3.05, 3.63) is 53.2 Å². The van der Waals surface area contributed by atoms with Crippen LogP contribution < -0.4 is 4.74 Å². The lowest BCUT2D eigenvalue weighted by molar-refractivity contribution is 0.458. The molecule has 1 aromatic heterocycles. The van der Waals surface area contributed by atoms with Crippen LogP contribution in [0.4, 0.5) is 0 Å².